The number of nitrogens with zero attached hydrogens (tertiary/aromatic N) is 2. The van der Waals surface area contributed by atoms with Crippen molar-refractivity contribution < 1.29 is 0 Å². The summed E-state index contributed by atoms with van der Waals surface area (Å²) < 4.78 is 2.00. The molecule has 0 amide bonds. The van der Waals surface area contributed by atoms with E-state index in [1.54, 1.807) is 11.8 Å². The van der Waals surface area contributed by atoms with Crippen molar-refractivity contribution in [3.63, 3.8) is 0 Å². The molecule has 1 atom stereocenters. The van der Waals surface area contributed by atoms with Crippen LogP contribution in [0.1, 0.15) is 31.6 Å². The molecule has 0 radical (unpaired) electrons. The van der Waals surface area contributed by atoms with Crippen molar-refractivity contribution in [3.05, 3.63) is 48.3 Å². The maximum Gasteiger partial charge on any atom is 0.0563 e. The molecule has 0 spiro atoms. The third-order valence-corrected chi connectivity index (χ3v) is 3.87. The lowest BCUT2D eigenvalue weighted by atomic mass is 10.2. The first-order valence-corrected chi connectivity index (χ1v) is 7.14. The smallest absolute Gasteiger partial charge is 0.0563 e. The van der Waals surface area contributed by atoms with Gasteiger partial charge in [-0.15, -0.1) is 11.8 Å². The second-order valence-corrected chi connectivity index (χ2v) is 5.62. The molecule has 1 unspecified atom stereocenters. The van der Waals surface area contributed by atoms with E-state index in [-0.39, 0.29) is 6.04 Å². The van der Waals surface area contributed by atoms with Gasteiger partial charge in [0.1, 0.15) is 0 Å². The van der Waals surface area contributed by atoms with Gasteiger partial charge in [0.25, 0.3) is 0 Å². The number of nitrogens with two attached hydrogens (primary N) is 1. The fourth-order valence-electron chi connectivity index (χ4n) is 1.84. The van der Waals surface area contributed by atoms with Crippen molar-refractivity contribution in [2.45, 2.75) is 30.8 Å². The van der Waals surface area contributed by atoms with E-state index in [2.05, 4.69) is 31.1 Å². The van der Waals surface area contributed by atoms with Crippen LogP contribution in [0.25, 0.3) is 0 Å². The predicted molar refractivity (Wildman–Crippen MR) is 76.7 cm³/mol. The van der Waals surface area contributed by atoms with Crippen LogP contribution in [0.2, 0.25) is 0 Å². The summed E-state index contributed by atoms with van der Waals surface area (Å²) in [6, 6.07) is 12.7. The van der Waals surface area contributed by atoms with Crippen molar-refractivity contribution in [2.75, 3.05) is 5.75 Å². The molecule has 0 fully saturated rings. The number of aromatic nitrogens is 2. The van der Waals surface area contributed by atoms with E-state index in [9.17, 15) is 0 Å². The molecule has 2 N–H and O–H groups in total. The summed E-state index contributed by atoms with van der Waals surface area (Å²) >= 11 is 1.78. The van der Waals surface area contributed by atoms with Gasteiger partial charge in [0.2, 0.25) is 0 Å². The van der Waals surface area contributed by atoms with E-state index in [1.165, 1.54) is 4.90 Å². The molecule has 0 bridgehead atoms. The van der Waals surface area contributed by atoms with Gasteiger partial charge in [-0.25, -0.2) is 0 Å². The van der Waals surface area contributed by atoms with Gasteiger partial charge in [0.05, 0.1) is 11.7 Å². The number of hydrogen-bond donors (Lipinski definition) is 1. The maximum absolute atomic E-state index is 6.24. The molecule has 0 aliphatic heterocycles. The van der Waals surface area contributed by atoms with Crippen LogP contribution in [0.15, 0.2) is 47.5 Å². The SMILES string of the molecule is CC(C)n1nccc1C(N)CSc1ccccc1. The van der Waals surface area contributed by atoms with Crippen LogP contribution in [0.4, 0.5) is 0 Å². The predicted octanol–water partition coefficient (Wildman–Crippen LogP) is 3.26. The van der Waals surface area contributed by atoms with E-state index < -0.39 is 0 Å². The Morgan fingerprint density at radius 1 is 1.22 bits per heavy atom. The summed E-state index contributed by atoms with van der Waals surface area (Å²) in [5, 5.41) is 4.32. The largest absolute Gasteiger partial charge is 0.322 e. The van der Waals surface area contributed by atoms with Crippen LogP contribution in [-0.4, -0.2) is 15.5 Å². The van der Waals surface area contributed by atoms with Crippen molar-refractivity contribution in [3.8, 4) is 0 Å². The van der Waals surface area contributed by atoms with E-state index in [4.69, 9.17) is 5.73 Å². The normalized spacial score (nSPS) is 12.9. The molecule has 4 heteroatoms. The first-order valence-electron chi connectivity index (χ1n) is 6.15. The van der Waals surface area contributed by atoms with Gasteiger partial charge in [-0.1, -0.05) is 18.2 Å². The Bertz CT molecular complexity index is 479. The van der Waals surface area contributed by atoms with Crippen molar-refractivity contribution >= 4 is 11.8 Å². The third kappa shape index (κ3) is 3.15. The van der Waals surface area contributed by atoms with Crippen LogP contribution < -0.4 is 5.73 Å². The molecular weight excluding hydrogens is 242 g/mol. The number of benzene rings is 1. The Kier molecular flexibility index (Phi) is 4.44. The molecule has 1 aromatic carbocycles. The van der Waals surface area contributed by atoms with Gasteiger partial charge in [-0.2, -0.15) is 5.10 Å². The highest BCUT2D eigenvalue weighted by Crippen LogP contribution is 2.24. The summed E-state index contributed by atoms with van der Waals surface area (Å²) in [5.41, 5.74) is 7.35. The van der Waals surface area contributed by atoms with E-state index in [0.717, 1.165) is 11.4 Å². The average Bonchev–Trinajstić information content (AvgIpc) is 2.86. The van der Waals surface area contributed by atoms with Gasteiger partial charge in [0, 0.05) is 22.9 Å². The average molecular weight is 261 g/mol. The molecule has 96 valence electrons. The molecule has 1 aromatic heterocycles. The second-order valence-electron chi connectivity index (χ2n) is 4.52. The Labute approximate surface area is 112 Å². The molecule has 18 heavy (non-hydrogen) atoms. The van der Waals surface area contributed by atoms with Gasteiger partial charge in [-0.3, -0.25) is 4.68 Å². The molecule has 1 heterocycles. The first kappa shape index (κ1) is 13.2. The molecule has 2 aromatic rings. The van der Waals surface area contributed by atoms with E-state index in [0.29, 0.717) is 6.04 Å². The highest BCUT2D eigenvalue weighted by Gasteiger charge is 2.13. The van der Waals surface area contributed by atoms with Crippen LogP contribution in [0.3, 0.4) is 0 Å². The maximum atomic E-state index is 6.24. The highest BCUT2D eigenvalue weighted by atomic mass is 32.2. The molecule has 0 aliphatic rings. The van der Waals surface area contributed by atoms with Crippen LogP contribution in [-0.2, 0) is 0 Å². The molecule has 3 nitrogen and oxygen atoms in total. The lowest BCUT2D eigenvalue weighted by molar-refractivity contribution is 0.495. The standard InChI is InChI=1S/C14H19N3S/c1-11(2)17-14(8-9-16-17)13(15)10-18-12-6-4-3-5-7-12/h3-9,11,13H,10,15H2,1-2H3. The van der Waals surface area contributed by atoms with Gasteiger partial charge in [0.15, 0.2) is 0 Å². The molecule has 2 rings (SSSR count). The van der Waals surface area contributed by atoms with Crippen molar-refractivity contribution in [1.29, 1.82) is 0 Å². The van der Waals surface area contributed by atoms with Crippen molar-refractivity contribution in [1.82, 2.24) is 9.78 Å². The Hall–Kier alpha value is -1.26. The molecule has 0 saturated heterocycles. The van der Waals surface area contributed by atoms with Gasteiger partial charge in [-0.05, 0) is 32.0 Å². The highest BCUT2D eigenvalue weighted by molar-refractivity contribution is 7.99. The topological polar surface area (TPSA) is 43.8 Å². The molecular formula is C14H19N3S. The summed E-state index contributed by atoms with van der Waals surface area (Å²) in [4.78, 5) is 1.25. The lowest BCUT2D eigenvalue weighted by Crippen LogP contribution is -2.19. The summed E-state index contributed by atoms with van der Waals surface area (Å²) in [6.07, 6.45) is 1.82. The van der Waals surface area contributed by atoms with E-state index >= 15 is 0 Å². The molecule has 0 aliphatic carbocycles. The second kappa shape index (κ2) is 6.07. The fourth-order valence-corrected chi connectivity index (χ4v) is 2.73. The quantitative estimate of drug-likeness (QED) is 0.840. The Balaban J connectivity index is 1.99. The minimum absolute atomic E-state index is 0.0140. The van der Waals surface area contributed by atoms with Crippen LogP contribution >= 0.6 is 11.8 Å². The number of rotatable bonds is 5. The zero-order valence-electron chi connectivity index (χ0n) is 10.8. The van der Waals surface area contributed by atoms with Crippen LogP contribution in [0, 0.1) is 0 Å². The number of thioether (sulfide) groups is 1. The zero-order valence-corrected chi connectivity index (χ0v) is 11.6. The minimum atomic E-state index is 0.0140. The van der Waals surface area contributed by atoms with Crippen molar-refractivity contribution in [2.24, 2.45) is 5.73 Å². The fraction of sp³-hybridized carbons (Fsp3) is 0.357. The summed E-state index contributed by atoms with van der Waals surface area (Å²) in [6.45, 7) is 4.24. The Morgan fingerprint density at radius 2 is 1.94 bits per heavy atom. The Morgan fingerprint density at radius 3 is 2.61 bits per heavy atom. The molecule has 0 saturated carbocycles. The first-order chi connectivity index (χ1) is 8.68. The van der Waals surface area contributed by atoms with Gasteiger partial charge >= 0.3 is 0 Å². The van der Waals surface area contributed by atoms with Gasteiger partial charge < -0.3 is 5.73 Å². The lowest BCUT2D eigenvalue weighted by Gasteiger charge is -2.16. The summed E-state index contributed by atoms with van der Waals surface area (Å²) in [7, 11) is 0. The number of hydrogen-bond acceptors (Lipinski definition) is 3. The monoisotopic (exact) mass is 261 g/mol. The zero-order chi connectivity index (χ0) is 13.0. The minimum Gasteiger partial charge on any atom is -0.322 e. The van der Waals surface area contributed by atoms with Crippen LogP contribution in [0.5, 0.6) is 0 Å². The summed E-state index contributed by atoms with van der Waals surface area (Å²) in [5.74, 6) is 0.864. The van der Waals surface area contributed by atoms with E-state index in [1.807, 2.05) is 35.1 Å². The third-order valence-electron chi connectivity index (χ3n) is 2.74.